The Morgan fingerprint density at radius 1 is 1.41 bits per heavy atom. The van der Waals surface area contributed by atoms with Gasteiger partial charge in [0, 0.05) is 32.2 Å². The first-order valence-electron chi connectivity index (χ1n) is 6.92. The minimum atomic E-state index is 0.274. The van der Waals surface area contributed by atoms with Crippen LogP contribution in [0.4, 0.5) is 0 Å². The molecule has 0 aliphatic carbocycles. The average Bonchev–Trinajstić information content (AvgIpc) is 2.97. The Bertz CT molecular complexity index is 246. The van der Waals surface area contributed by atoms with Crippen molar-refractivity contribution in [2.45, 2.75) is 51.2 Å². The molecule has 0 spiro atoms. The summed E-state index contributed by atoms with van der Waals surface area (Å²) in [6.07, 6.45) is 5.52. The summed E-state index contributed by atoms with van der Waals surface area (Å²) in [6.45, 7) is 5.55. The summed E-state index contributed by atoms with van der Waals surface area (Å²) in [4.78, 5) is 14.1. The standard InChI is InChI=1S/C13H24N2O2/c1-2-15(10-12-6-4-8-17-12)13(16)9-11-5-3-7-14-11/h11-12,14H,2-10H2,1H3. The van der Waals surface area contributed by atoms with Crippen LogP contribution >= 0.6 is 0 Å². The highest BCUT2D eigenvalue weighted by Gasteiger charge is 2.24. The summed E-state index contributed by atoms with van der Waals surface area (Å²) >= 11 is 0. The first-order valence-corrected chi connectivity index (χ1v) is 6.92. The molecule has 17 heavy (non-hydrogen) atoms. The lowest BCUT2D eigenvalue weighted by Crippen LogP contribution is -2.40. The van der Waals surface area contributed by atoms with E-state index in [1.807, 2.05) is 4.90 Å². The third-order valence-electron chi connectivity index (χ3n) is 3.77. The molecule has 2 fully saturated rings. The Kier molecular flexibility index (Phi) is 4.80. The SMILES string of the molecule is CCN(CC1CCCO1)C(=O)CC1CCCN1. The van der Waals surface area contributed by atoms with E-state index >= 15 is 0 Å². The van der Waals surface area contributed by atoms with E-state index < -0.39 is 0 Å². The van der Waals surface area contributed by atoms with Crippen LogP contribution in [0.15, 0.2) is 0 Å². The van der Waals surface area contributed by atoms with E-state index in [2.05, 4.69) is 12.2 Å². The van der Waals surface area contributed by atoms with Gasteiger partial charge < -0.3 is 15.0 Å². The Hall–Kier alpha value is -0.610. The maximum atomic E-state index is 12.1. The van der Waals surface area contributed by atoms with Gasteiger partial charge >= 0.3 is 0 Å². The van der Waals surface area contributed by atoms with Crippen molar-refractivity contribution < 1.29 is 9.53 Å². The monoisotopic (exact) mass is 240 g/mol. The molecule has 0 aromatic carbocycles. The molecule has 2 saturated heterocycles. The molecular formula is C13H24N2O2. The smallest absolute Gasteiger partial charge is 0.224 e. The van der Waals surface area contributed by atoms with Crippen LogP contribution < -0.4 is 5.32 Å². The van der Waals surface area contributed by atoms with Gasteiger partial charge in [-0.3, -0.25) is 4.79 Å². The summed E-state index contributed by atoms with van der Waals surface area (Å²) in [6, 6.07) is 0.404. The molecule has 0 aromatic rings. The number of likely N-dealkylation sites (N-methyl/N-ethyl adjacent to an activating group) is 1. The molecule has 2 heterocycles. The third kappa shape index (κ3) is 3.68. The second-order valence-corrected chi connectivity index (χ2v) is 5.06. The molecule has 4 heteroatoms. The van der Waals surface area contributed by atoms with Crippen LogP contribution in [0.25, 0.3) is 0 Å². The van der Waals surface area contributed by atoms with E-state index in [-0.39, 0.29) is 12.0 Å². The fraction of sp³-hybridized carbons (Fsp3) is 0.923. The maximum absolute atomic E-state index is 12.1. The van der Waals surface area contributed by atoms with Crippen molar-refractivity contribution >= 4 is 5.91 Å². The number of hydrogen-bond donors (Lipinski definition) is 1. The van der Waals surface area contributed by atoms with Gasteiger partial charge in [-0.15, -0.1) is 0 Å². The molecule has 0 aromatic heterocycles. The van der Waals surface area contributed by atoms with Crippen LogP contribution in [0, 0.1) is 0 Å². The van der Waals surface area contributed by atoms with Crippen molar-refractivity contribution in [2.75, 3.05) is 26.2 Å². The van der Waals surface area contributed by atoms with Gasteiger partial charge in [0.25, 0.3) is 0 Å². The minimum absolute atomic E-state index is 0.274. The molecule has 1 N–H and O–H groups in total. The molecular weight excluding hydrogens is 216 g/mol. The fourth-order valence-electron chi connectivity index (χ4n) is 2.71. The predicted octanol–water partition coefficient (Wildman–Crippen LogP) is 1.16. The predicted molar refractivity (Wildman–Crippen MR) is 66.9 cm³/mol. The van der Waals surface area contributed by atoms with Crippen LogP contribution in [0.3, 0.4) is 0 Å². The lowest BCUT2D eigenvalue weighted by molar-refractivity contribution is -0.133. The fourth-order valence-corrected chi connectivity index (χ4v) is 2.71. The molecule has 2 rings (SSSR count). The van der Waals surface area contributed by atoms with Crippen LogP contribution in [0.2, 0.25) is 0 Å². The third-order valence-corrected chi connectivity index (χ3v) is 3.77. The van der Waals surface area contributed by atoms with Crippen LogP contribution in [0.1, 0.15) is 39.0 Å². The number of ether oxygens (including phenoxy) is 1. The van der Waals surface area contributed by atoms with Crippen molar-refractivity contribution in [1.29, 1.82) is 0 Å². The van der Waals surface area contributed by atoms with E-state index in [0.29, 0.717) is 12.5 Å². The van der Waals surface area contributed by atoms with E-state index in [9.17, 15) is 4.79 Å². The highest BCUT2D eigenvalue weighted by molar-refractivity contribution is 5.76. The first-order chi connectivity index (χ1) is 8.29. The summed E-state index contributed by atoms with van der Waals surface area (Å²) < 4.78 is 5.60. The van der Waals surface area contributed by atoms with E-state index in [4.69, 9.17) is 4.74 Å². The normalized spacial score (nSPS) is 28.5. The first kappa shape index (κ1) is 12.8. The zero-order valence-corrected chi connectivity index (χ0v) is 10.8. The number of nitrogens with zero attached hydrogens (tertiary/aromatic N) is 1. The summed E-state index contributed by atoms with van der Waals surface area (Å²) in [5.41, 5.74) is 0. The van der Waals surface area contributed by atoms with Gasteiger partial charge in [0.05, 0.1) is 6.10 Å². The van der Waals surface area contributed by atoms with E-state index in [1.165, 1.54) is 6.42 Å². The largest absolute Gasteiger partial charge is 0.376 e. The summed E-state index contributed by atoms with van der Waals surface area (Å²) in [7, 11) is 0. The van der Waals surface area contributed by atoms with E-state index in [1.54, 1.807) is 0 Å². The second kappa shape index (κ2) is 6.36. The molecule has 0 saturated carbocycles. The van der Waals surface area contributed by atoms with E-state index in [0.717, 1.165) is 45.5 Å². The van der Waals surface area contributed by atoms with Gasteiger partial charge in [0.15, 0.2) is 0 Å². The van der Waals surface area contributed by atoms with Gasteiger partial charge in [0.2, 0.25) is 5.91 Å². The van der Waals surface area contributed by atoms with Gasteiger partial charge in [0.1, 0.15) is 0 Å². The highest BCUT2D eigenvalue weighted by Crippen LogP contribution is 2.15. The van der Waals surface area contributed by atoms with Crippen LogP contribution in [0.5, 0.6) is 0 Å². The molecule has 2 aliphatic rings. The topological polar surface area (TPSA) is 41.6 Å². The van der Waals surface area contributed by atoms with Gasteiger partial charge in [-0.25, -0.2) is 0 Å². The number of amides is 1. The minimum Gasteiger partial charge on any atom is -0.376 e. The molecule has 4 nitrogen and oxygen atoms in total. The van der Waals surface area contributed by atoms with Crippen LogP contribution in [-0.2, 0) is 9.53 Å². The quantitative estimate of drug-likeness (QED) is 0.784. The average molecular weight is 240 g/mol. The number of carbonyl (C=O) groups excluding carboxylic acids is 1. The second-order valence-electron chi connectivity index (χ2n) is 5.06. The molecule has 1 amide bonds. The molecule has 2 atom stereocenters. The maximum Gasteiger partial charge on any atom is 0.224 e. The zero-order valence-electron chi connectivity index (χ0n) is 10.8. The molecule has 98 valence electrons. The van der Waals surface area contributed by atoms with Crippen molar-refractivity contribution in [1.82, 2.24) is 10.2 Å². The number of hydrogen-bond acceptors (Lipinski definition) is 3. The van der Waals surface area contributed by atoms with Crippen molar-refractivity contribution in [3.8, 4) is 0 Å². The molecule has 2 unspecified atom stereocenters. The Morgan fingerprint density at radius 2 is 2.29 bits per heavy atom. The molecule has 2 aliphatic heterocycles. The zero-order chi connectivity index (χ0) is 12.1. The highest BCUT2D eigenvalue weighted by atomic mass is 16.5. The molecule has 0 bridgehead atoms. The Morgan fingerprint density at radius 3 is 2.88 bits per heavy atom. The van der Waals surface area contributed by atoms with Crippen molar-refractivity contribution in [3.05, 3.63) is 0 Å². The Labute approximate surface area is 104 Å². The summed E-state index contributed by atoms with van der Waals surface area (Å²) in [5, 5.41) is 3.38. The van der Waals surface area contributed by atoms with Crippen molar-refractivity contribution in [3.63, 3.8) is 0 Å². The van der Waals surface area contributed by atoms with Crippen molar-refractivity contribution in [2.24, 2.45) is 0 Å². The lowest BCUT2D eigenvalue weighted by Gasteiger charge is -2.25. The number of carbonyl (C=O) groups is 1. The van der Waals surface area contributed by atoms with Gasteiger partial charge in [-0.1, -0.05) is 0 Å². The van der Waals surface area contributed by atoms with Gasteiger partial charge in [-0.2, -0.15) is 0 Å². The Balaban J connectivity index is 1.77. The number of nitrogens with one attached hydrogen (secondary N) is 1. The molecule has 0 radical (unpaired) electrons. The van der Waals surface area contributed by atoms with Crippen LogP contribution in [-0.4, -0.2) is 49.2 Å². The van der Waals surface area contributed by atoms with Gasteiger partial charge in [-0.05, 0) is 39.2 Å². The summed E-state index contributed by atoms with van der Waals surface area (Å²) in [5.74, 6) is 0.280. The lowest BCUT2D eigenvalue weighted by atomic mass is 10.1. The number of rotatable bonds is 5.